The van der Waals surface area contributed by atoms with Gasteiger partial charge in [0.25, 0.3) is 11.8 Å². The summed E-state index contributed by atoms with van der Waals surface area (Å²) in [6.07, 6.45) is 5.73. The topological polar surface area (TPSA) is 89.8 Å². The molecular formula is C31H27N5O4. The van der Waals surface area contributed by atoms with Crippen LogP contribution in [0.5, 0.6) is 11.5 Å². The highest BCUT2D eigenvalue weighted by Gasteiger charge is 2.35. The predicted octanol–water partition coefficient (Wildman–Crippen LogP) is 5.09. The summed E-state index contributed by atoms with van der Waals surface area (Å²) >= 11 is 0. The molecule has 1 aliphatic rings. The maximum absolute atomic E-state index is 13.1. The number of carbonyl (C=O) groups is 2. The van der Waals surface area contributed by atoms with Crippen molar-refractivity contribution in [3.63, 3.8) is 0 Å². The molecule has 0 N–H and O–H groups in total. The van der Waals surface area contributed by atoms with Gasteiger partial charge in [-0.25, -0.2) is 4.98 Å². The summed E-state index contributed by atoms with van der Waals surface area (Å²) in [5.74, 6) is 0.653. The Hall–Kier alpha value is -5.18. The van der Waals surface area contributed by atoms with Crippen LogP contribution in [-0.4, -0.2) is 58.6 Å². The zero-order chi connectivity index (χ0) is 27.8. The number of aryl methyl sites for hydroxylation is 1. The number of imide groups is 1. The third-order valence-electron chi connectivity index (χ3n) is 7.04. The van der Waals surface area contributed by atoms with Gasteiger partial charge in [0, 0.05) is 67.7 Å². The Morgan fingerprint density at radius 3 is 2.15 bits per heavy atom. The van der Waals surface area contributed by atoms with E-state index in [1.807, 2.05) is 65.3 Å². The van der Waals surface area contributed by atoms with Gasteiger partial charge in [-0.15, -0.1) is 0 Å². The molecule has 200 valence electrons. The minimum atomic E-state index is -0.291. The average molecular weight is 534 g/mol. The second-order valence-corrected chi connectivity index (χ2v) is 9.52. The Balaban J connectivity index is 1.39. The van der Waals surface area contributed by atoms with Crippen LogP contribution in [0.25, 0.3) is 22.3 Å². The summed E-state index contributed by atoms with van der Waals surface area (Å²) in [5.41, 5.74) is 5.67. The molecule has 3 heterocycles. The lowest BCUT2D eigenvalue weighted by Crippen LogP contribution is -2.36. The summed E-state index contributed by atoms with van der Waals surface area (Å²) < 4.78 is 13.0. The normalized spacial score (nSPS) is 12.6. The van der Waals surface area contributed by atoms with Gasteiger partial charge in [-0.05, 0) is 36.4 Å². The quantitative estimate of drug-likeness (QED) is 0.257. The van der Waals surface area contributed by atoms with E-state index in [0.717, 1.165) is 33.7 Å². The first-order valence-corrected chi connectivity index (χ1v) is 12.8. The fourth-order valence-electron chi connectivity index (χ4n) is 4.96. The molecule has 0 spiro atoms. The molecule has 9 nitrogen and oxygen atoms in total. The number of aromatic nitrogens is 3. The van der Waals surface area contributed by atoms with Crippen LogP contribution in [0.2, 0.25) is 0 Å². The first kappa shape index (κ1) is 25.1. The minimum Gasteiger partial charge on any atom is -0.497 e. The van der Waals surface area contributed by atoms with Crippen LogP contribution in [0.15, 0.2) is 85.3 Å². The lowest BCUT2D eigenvalue weighted by molar-refractivity contribution is 0.0659. The molecule has 5 aromatic rings. The lowest BCUT2D eigenvalue weighted by atomic mass is 10.1. The highest BCUT2D eigenvalue weighted by atomic mass is 16.5. The number of nitrogens with zero attached hydrogens (tertiary/aromatic N) is 5. The number of amides is 2. The Labute approximate surface area is 231 Å². The van der Waals surface area contributed by atoms with Crippen LogP contribution in [0.4, 0.5) is 11.4 Å². The Morgan fingerprint density at radius 2 is 1.52 bits per heavy atom. The smallest absolute Gasteiger partial charge is 0.261 e. The van der Waals surface area contributed by atoms with E-state index in [2.05, 4.69) is 4.98 Å². The van der Waals surface area contributed by atoms with Crippen molar-refractivity contribution >= 4 is 34.2 Å². The summed E-state index contributed by atoms with van der Waals surface area (Å²) in [5, 5.41) is 0. The van der Waals surface area contributed by atoms with Crippen LogP contribution < -0.4 is 14.4 Å². The second-order valence-electron chi connectivity index (χ2n) is 9.52. The minimum absolute atomic E-state index is 0.180. The van der Waals surface area contributed by atoms with Gasteiger partial charge in [0.2, 0.25) is 0 Å². The van der Waals surface area contributed by atoms with E-state index in [4.69, 9.17) is 14.5 Å². The van der Waals surface area contributed by atoms with Gasteiger partial charge in [-0.2, -0.15) is 0 Å². The summed E-state index contributed by atoms with van der Waals surface area (Å²) in [7, 11) is 5.15. The van der Waals surface area contributed by atoms with Gasteiger partial charge in [-0.3, -0.25) is 19.5 Å². The molecular weight excluding hydrogens is 506 g/mol. The van der Waals surface area contributed by atoms with E-state index in [1.54, 1.807) is 50.7 Å². The van der Waals surface area contributed by atoms with Crippen molar-refractivity contribution in [2.24, 2.45) is 7.05 Å². The summed E-state index contributed by atoms with van der Waals surface area (Å²) in [6, 6.07) is 20.3. The van der Waals surface area contributed by atoms with Gasteiger partial charge in [0.15, 0.2) is 0 Å². The number of fused-ring (bicyclic) bond motifs is 2. The van der Waals surface area contributed by atoms with E-state index in [0.29, 0.717) is 29.2 Å². The van der Waals surface area contributed by atoms with Crippen molar-refractivity contribution in [1.29, 1.82) is 0 Å². The third-order valence-corrected chi connectivity index (χ3v) is 7.04. The molecule has 0 atom stereocenters. The van der Waals surface area contributed by atoms with Crippen molar-refractivity contribution in [3.8, 4) is 22.8 Å². The molecule has 3 aromatic carbocycles. The molecule has 40 heavy (non-hydrogen) atoms. The molecule has 6 rings (SSSR count). The van der Waals surface area contributed by atoms with Crippen LogP contribution in [0.3, 0.4) is 0 Å². The number of rotatable bonds is 8. The molecule has 2 aromatic heterocycles. The first-order valence-electron chi connectivity index (χ1n) is 12.8. The van der Waals surface area contributed by atoms with Gasteiger partial charge in [0.05, 0.1) is 48.3 Å². The van der Waals surface area contributed by atoms with E-state index in [9.17, 15) is 9.59 Å². The summed E-state index contributed by atoms with van der Waals surface area (Å²) in [6.45, 7) is 0.513. The van der Waals surface area contributed by atoms with Crippen molar-refractivity contribution in [3.05, 3.63) is 96.4 Å². The number of benzene rings is 3. The molecule has 0 unspecified atom stereocenters. The largest absolute Gasteiger partial charge is 0.497 e. The second kappa shape index (κ2) is 10.2. The van der Waals surface area contributed by atoms with E-state index in [-0.39, 0.29) is 18.4 Å². The van der Waals surface area contributed by atoms with Crippen LogP contribution >= 0.6 is 0 Å². The fraction of sp³-hybridized carbons (Fsp3) is 0.161. The first-order chi connectivity index (χ1) is 19.4. The van der Waals surface area contributed by atoms with Crippen LogP contribution in [-0.2, 0) is 7.05 Å². The number of hydrogen-bond acceptors (Lipinski definition) is 7. The molecule has 0 bridgehead atoms. The van der Waals surface area contributed by atoms with E-state index >= 15 is 0 Å². The molecule has 0 saturated carbocycles. The SMILES string of the molecule is COc1cc(OC)cc(N(CCN2C(=O)c3ccccc3C2=O)c2ccc3ncc(-c4ccn(C)c4)nc3c2)c1. The molecule has 0 aliphatic carbocycles. The van der Waals surface area contributed by atoms with Gasteiger partial charge < -0.3 is 18.9 Å². The molecule has 2 amide bonds. The van der Waals surface area contributed by atoms with Crippen molar-refractivity contribution in [2.45, 2.75) is 0 Å². The standard InChI is InChI=1S/C31H27N5O4/c1-34-11-10-20(19-34)29-18-32-27-9-8-21(16-28(27)33-29)35(22-14-23(39-2)17-24(15-22)40-3)12-13-36-30(37)25-6-4-5-7-26(25)31(36)38/h4-11,14-19H,12-13H2,1-3H3. The molecule has 0 radical (unpaired) electrons. The van der Waals surface area contributed by atoms with Crippen LogP contribution in [0.1, 0.15) is 20.7 Å². The number of hydrogen-bond donors (Lipinski definition) is 0. The Kier molecular flexibility index (Phi) is 6.39. The van der Waals surface area contributed by atoms with E-state index < -0.39 is 0 Å². The third kappa shape index (κ3) is 4.51. The highest BCUT2D eigenvalue weighted by Crippen LogP contribution is 2.34. The molecule has 0 fully saturated rings. The lowest BCUT2D eigenvalue weighted by Gasteiger charge is -2.28. The van der Waals surface area contributed by atoms with E-state index in [1.165, 1.54) is 4.90 Å². The Bertz CT molecular complexity index is 1710. The van der Waals surface area contributed by atoms with Gasteiger partial charge >= 0.3 is 0 Å². The predicted molar refractivity (Wildman–Crippen MR) is 152 cm³/mol. The molecule has 1 aliphatic heterocycles. The van der Waals surface area contributed by atoms with Gasteiger partial charge in [0.1, 0.15) is 11.5 Å². The Morgan fingerprint density at radius 1 is 0.825 bits per heavy atom. The zero-order valence-electron chi connectivity index (χ0n) is 22.4. The van der Waals surface area contributed by atoms with Crippen LogP contribution in [0, 0.1) is 0 Å². The zero-order valence-corrected chi connectivity index (χ0v) is 22.4. The van der Waals surface area contributed by atoms with Gasteiger partial charge in [-0.1, -0.05) is 12.1 Å². The van der Waals surface area contributed by atoms with Crippen molar-refractivity contribution in [1.82, 2.24) is 19.4 Å². The maximum Gasteiger partial charge on any atom is 0.261 e. The average Bonchev–Trinajstić information content (AvgIpc) is 3.53. The monoisotopic (exact) mass is 533 g/mol. The number of methoxy groups -OCH3 is 2. The fourth-order valence-corrected chi connectivity index (χ4v) is 4.96. The number of anilines is 2. The number of ether oxygens (including phenoxy) is 2. The summed E-state index contributed by atoms with van der Waals surface area (Å²) in [4.78, 5) is 39.0. The molecule has 0 saturated heterocycles. The maximum atomic E-state index is 13.1. The highest BCUT2D eigenvalue weighted by molar-refractivity contribution is 6.21. The van der Waals surface area contributed by atoms with Crippen molar-refractivity contribution < 1.29 is 19.1 Å². The van der Waals surface area contributed by atoms with Crippen molar-refractivity contribution in [2.75, 3.05) is 32.2 Å². The molecule has 9 heteroatoms. The number of carbonyl (C=O) groups excluding carboxylic acids is 2.